The van der Waals surface area contributed by atoms with Crippen LogP contribution in [0.2, 0.25) is 0 Å². The van der Waals surface area contributed by atoms with Crippen molar-refractivity contribution < 1.29 is 18.0 Å². The summed E-state index contributed by atoms with van der Waals surface area (Å²) >= 11 is 0. The van der Waals surface area contributed by atoms with Crippen LogP contribution in [-0.2, 0) is 10.0 Å². The van der Waals surface area contributed by atoms with Gasteiger partial charge in [0, 0.05) is 13.1 Å². The van der Waals surface area contributed by atoms with Gasteiger partial charge in [0.1, 0.15) is 6.10 Å². The highest BCUT2D eigenvalue weighted by Gasteiger charge is 2.40. The van der Waals surface area contributed by atoms with Crippen LogP contribution in [0, 0.1) is 11.8 Å². The number of nitrogens with zero attached hydrogens (tertiary/aromatic N) is 5. The molecule has 1 unspecified atom stereocenters. The molecule has 3 aliphatic rings. The zero-order chi connectivity index (χ0) is 24.0. The van der Waals surface area contributed by atoms with Crippen molar-refractivity contribution >= 4 is 21.1 Å². The number of aliphatic hydroxyl groups is 1. The molecule has 188 valence electrons. The van der Waals surface area contributed by atoms with E-state index in [1.165, 1.54) is 23.7 Å². The third-order valence-corrected chi connectivity index (χ3v) is 9.41. The van der Waals surface area contributed by atoms with Crippen LogP contribution in [0.5, 0.6) is 0 Å². The van der Waals surface area contributed by atoms with E-state index in [4.69, 9.17) is 4.52 Å². The summed E-state index contributed by atoms with van der Waals surface area (Å²) in [5.41, 5.74) is 1.28. The Labute approximate surface area is 204 Å². The van der Waals surface area contributed by atoms with E-state index in [9.17, 15) is 13.5 Å². The summed E-state index contributed by atoms with van der Waals surface area (Å²) < 4.78 is 34.0. The highest BCUT2D eigenvalue weighted by atomic mass is 32.2. The maximum absolute atomic E-state index is 13.5. The molecule has 3 fully saturated rings. The first-order valence-electron chi connectivity index (χ1n) is 12.7. The van der Waals surface area contributed by atoms with Crippen molar-refractivity contribution in [2.24, 2.45) is 11.8 Å². The molecule has 2 saturated heterocycles. The predicted molar refractivity (Wildman–Crippen MR) is 128 cm³/mol. The standard InChI is InChI=1S/C24H32N6O4S/c31-21(17-10-13-29(14-11-17)15-16-8-9-16)23-27-22(28-34-23)20-7-3-4-12-30(20)35(32,33)24-25-18-5-1-2-6-19(18)26-24/h1-2,5-6,16-17,20-21,31H,3-4,7-15H2,(H,25,26)/t20-,21?/m0/s1. The van der Waals surface area contributed by atoms with Gasteiger partial charge in [-0.1, -0.05) is 23.7 Å². The summed E-state index contributed by atoms with van der Waals surface area (Å²) in [4.78, 5) is 14.3. The molecule has 2 aromatic heterocycles. The van der Waals surface area contributed by atoms with Gasteiger partial charge in [0.15, 0.2) is 5.82 Å². The minimum absolute atomic E-state index is 0.0699. The summed E-state index contributed by atoms with van der Waals surface area (Å²) in [5.74, 6) is 1.43. The molecular weight excluding hydrogens is 468 g/mol. The van der Waals surface area contributed by atoms with Crippen LogP contribution < -0.4 is 0 Å². The van der Waals surface area contributed by atoms with Gasteiger partial charge in [0.05, 0.1) is 17.1 Å². The summed E-state index contributed by atoms with van der Waals surface area (Å²) in [6.07, 6.45) is 5.85. The molecule has 35 heavy (non-hydrogen) atoms. The Balaban J connectivity index is 1.18. The molecule has 1 aromatic carbocycles. The van der Waals surface area contributed by atoms with Gasteiger partial charge in [-0.3, -0.25) is 0 Å². The lowest BCUT2D eigenvalue weighted by Gasteiger charge is -2.33. The number of aromatic amines is 1. The number of rotatable bonds is 7. The zero-order valence-electron chi connectivity index (χ0n) is 19.7. The van der Waals surface area contributed by atoms with E-state index in [0.29, 0.717) is 29.8 Å². The average molecular weight is 501 g/mol. The van der Waals surface area contributed by atoms with Crippen molar-refractivity contribution in [2.75, 3.05) is 26.2 Å². The summed E-state index contributed by atoms with van der Waals surface area (Å²) in [6.45, 7) is 3.48. The van der Waals surface area contributed by atoms with Gasteiger partial charge in [-0.25, -0.2) is 13.4 Å². The number of aromatic nitrogens is 4. The number of hydrogen-bond donors (Lipinski definition) is 2. The van der Waals surface area contributed by atoms with Crippen molar-refractivity contribution in [2.45, 2.75) is 62.2 Å². The first-order chi connectivity index (χ1) is 17.0. The third kappa shape index (κ3) is 4.62. The number of nitrogens with one attached hydrogen (secondary N) is 1. The fraction of sp³-hybridized carbons (Fsp3) is 0.625. The SMILES string of the molecule is O=S(=O)(c1nc2ccccc2[nH]1)N1CCCC[C@H]1c1noc(C(O)C2CCN(CC3CC3)CC2)n1. The van der Waals surface area contributed by atoms with E-state index < -0.39 is 22.2 Å². The lowest BCUT2D eigenvalue weighted by Crippen LogP contribution is -2.39. The molecule has 0 bridgehead atoms. The minimum Gasteiger partial charge on any atom is -0.383 e. The Morgan fingerprint density at radius 2 is 1.86 bits per heavy atom. The quantitative estimate of drug-likeness (QED) is 0.507. The minimum atomic E-state index is -3.89. The van der Waals surface area contributed by atoms with E-state index in [1.807, 2.05) is 12.1 Å². The number of para-hydroxylation sites is 2. The normalized spacial score (nSPS) is 24.2. The molecule has 2 aliphatic heterocycles. The second-order valence-corrected chi connectivity index (χ2v) is 12.0. The van der Waals surface area contributed by atoms with Crippen LogP contribution in [0.4, 0.5) is 0 Å². The van der Waals surface area contributed by atoms with E-state index in [-0.39, 0.29) is 17.0 Å². The number of H-pyrrole nitrogens is 1. The van der Waals surface area contributed by atoms with Crippen molar-refractivity contribution in [3.05, 3.63) is 36.0 Å². The van der Waals surface area contributed by atoms with Crippen LogP contribution in [0.1, 0.15) is 68.8 Å². The molecule has 0 spiro atoms. The topological polar surface area (TPSA) is 128 Å². The lowest BCUT2D eigenvalue weighted by molar-refractivity contribution is 0.0352. The van der Waals surface area contributed by atoms with E-state index >= 15 is 0 Å². The summed E-state index contributed by atoms with van der Waals surface area (Å²) in [7, 11) is -3.89. The monoisotopic (exact) mass is 500 g/mol. The van der Waals surface area contributed by atoms with Crippen molar-refractivity contribution in [3.8, 4) is 0 Å². The molecule has 2 N–H and O–H groups in total. The van der Waals surface area contributed by atoms with E-state index in [2.05, 4.69) is 25.0 Å². The van der Waals surface area contributed by atoms with Gasteiger partial charge >= 0.3 is 0 Å². The first kappa shape index (κ1) is 23.1. The Hall–Kier alpha value is -2.34. The Bertz CT molecular complexity index is 1240. The summed E-state index contributed by atoms with van der Waals surface area (Å²) in [6, 6.07) is 6.70. The molecule has 0 amide bonds. The molecule has 1 aliphatic carbocycles. The van der Waals surface area contributed by atoms with Gasteiger partial charge in [-0.15, -0.1) is 0 Å². The van der Waals surface area contributed by atoms with Crippen molar-refractivity contribution in [1.29, 1.82) is 0 Å². The Kier molecular flexibility index (Phi) is 6.11. The van der Waals surface area contributed by atoms with Gasteiger partial charge in [-0.05, 0) is 75.6 Å². The van der Waals surface area contributed by atoms with Crippen LogP contribution in [0.15, 0.2) is 33.9 Å². The fourth-order valence-corrected chi connectivity index (χ4v) is 7.01. The Morgan fingerprint density at radius 1 is 1.06 bits per heavy atom. The van der Waals surface area contributed by atoms with Gasteiger partial charge in [-0.2, -0.15) is 9.29 Å². The fourth-order valence-electron chi connectivity index (χ4n) is 5.43. The maximum Gasteiger partial charge on any atom is 0.277 e. The number of fused-ring (bicyclic) bond motifs is 1. The summed E-state index contributed by atoms with van der Waals surface area (Å²) in [5, 5.41) is 15.0. The van der Waals surface area contributed by atoms with Gasteiger partial charge in [0.25, 0.3) is 15.9 Å². The van der Waals surface area contributed by atoms with Crippen molar-refractivity contribution in [1.82, 2.24) is 29.3 Å². The average Bonchev–Trinajstić information content (AvgIpc) is 3.38. The Morgan fingerprint density at radius 3 is 2.63 bits per heavy atom. The van der Waals surface area contributed by atoms with Crippen LogP contribution in [0.3, 0.4) is 0 Å². The molecule has 10 nitrogen and oxygen atoms in total. The third-order valence-electron chi connectivity index (χ3n) is 7.67. The number of likely N-dealkylation sites (tertiary alicyclic amines) is 1. The first-order valence-corrected chi connectivity index (χ1v) is 14.1. The molecule has 6 rings (SSSR count). The van der Waals surface area contributed by atoms with Gasteiger partial charge in [0.2, 0.25) is 5.16 Å². The van der Waals surface area contributed by atoms with Crippen molar-refractivity contribution in [3.63, 3.8) is 0 Å². The maximum atomic E-state index is 13.5. The largest absolute Gasteiger partial charge is 0.383 e. The van der Waals surface area contributed by atoms with Crippen LogP contribution in [0.25, 0.3) is 11.0 Å². The number of sulfonamides is 1. The molecule has 2 atom stereocenters. The molecule has 3 aromatic rings. The van der Waals surface area contributed by atoms with Crippen LogP contribution in [-0.4, -0.2) is 69.0 Å². The molecule has 0 radical (unpaired) electrons. The molecule has 11 heteroatoms. The number of hydrogen-bond acceptors (Lipinski definition) is 8. The number of imidazole rings is 1. The van der Waals surface area contributed by atoms with E-state index in [1.54, 1.807) is 12.1 Å². The molecular formula is C24H32N6O4S. The smallest absolute Gasteiger partial charge is 0.277 e. The molecule has 1 saturated carbocycles. The second-order valence-electron chi connectivity index (χ2n) is 10.2. The van der Waals surface area contributed by atoms with E-state index in [0.717, 1.165) is 44.7 Å². The second kappa shape index (κ2) is 9.27. The number of benzene rings is 1. The predicted octanol–water partition coefficient (Wildman–Crippen LogP) is 3.02. The zero-order valence-corrected chi connectivity index (χ0v) is 20.5. The lowest BCUT2D eigenvalue weighted by atomic mass is 9.91. The highest BCUT2D eigenvalue weighted by molar-refractivity contribution is 7.89. The number of piperidine rings is 2. The molecule has 4 heterocycles. The number of aliphatic hydroxyl groups excluding tert-OH is 1. The van der Waals surface area contributed by atoms with Gasteiger partial charge < -0.3 is 19.5 Å². The van der Waals surface area contributed by atoms with Crippen LogP contribution >= 0.6 is 0 Å². The highest BCUT2D eigenvalue weighted by Crippen LogP contribution is 2.37.